The minimum Gasteiger partial charge on any atom is -0.376 e. The van der Waals surface area contributed by atoms with E-state index in [9.17, 15) is 9.18 Å². The number of halogens is 1. The molecule has 1 amide bonds. The van der Waals surface area contributed by atoms with Gasteiger partial charge in [-0.05, 0) is 24.4 Å². The van der Waals surface area contributed by atoms with Crippen LogP contribution in [0.4, 0.5) is 10.2 Å². The van der Waals surface area contributed by atoms with Crippen LogP contribution < -0.4 is 16.8 Å². The van der Waals surface area contributed by atoms with Gasteiger partial charge in [0.05, 0.1) is 6.20 Å². The van der Waals surface area contributed by atoms with Crippen LogP contribution in [0.1, 0.15) is 6.92 Å². The molecule has 82 valence electrons. The largest absolute Gasteiger partial charge is 0.376 e. The van der Waals surface area contributed by atoms with Crippen LogP contribution in [-0.2, 0) is 4.79 Å². The molecule has 5 nitrogen and oxygen atoms in total. The van der Waals surface area contributed by atoms with Gasteiger partial charge < -0.3 is 16.8 Å². The molecule has 0 aromatic carbocycles. The number of amides is 1. The van der Waals surface area contributed by atoms with Crippen molar-refractivity contribution in [2.24, 2.45) is 11.5 Å². The first kappa shape index (κ1) is 13.2. The fourth-order valence-corrected chi connectivity index (χ4v) is 0.681. The quantitative estimate of drug-likeness (QED) is 0.606. The van der Waals surface area contributed by atoms with Crippen LogP contribution in [0.3, 0.4) is 0 Å². The lowest BCUT2D eigenvalue weighted by atomic mass is 10.4. The Kier molecular flexibility index (Phi) is 5.88. The van der Waals surface area contributed by atoms with Crippen LogP contribution in [-0.4, -0.2) is 16.0 Å². The number of nitrogens with one attached hydrogen (secondary N) is 1. The Morgan fingerprint density at radius 2 is 2.07 bits per heavy atom. The molecule has 0 atom stereocenters. The SMILES string of the molecule is CC(N)=O.NC(=S)Nc1ccc(F)cn1. The van der Waals surface area contributed by atoms with Gasteiger partial charge in [-0.2, -0.15) is 0 Å². The summed E-state index contributed by atoms with van der Waals surface area (Å²) in [7, 11) is 0. The molecule has 0 spiro atoms. The monoisotopic (exact) mass is 230 g/mol. The first-order valence-electron chi connectivity index (χ1n) is 3.86. The van der Waals surface area contributed by atoms with Gasteiger partial charge in [-0.15, -0.1) is 0 Å². The average molecular weight is 230 g/mol. The Bertz CT molecular complexity index is 337. The summed E-state index contributed by atoms with van der Waals surface area (Å²) in [5, 5.41) is 2.68. The number of aromatic nitrogens is 1. The Balaban J connectivity index is 0.000000423. The third kappa shape index (κ3) is 8.57. The highest BCUT2D eigenvalue weighted by Gasteiger charge is 1.93. The predicted molar refractivity (Wildman–Crippen MR) is 59.5 cm³/mol. The number of hydrogen-bond donors (Lipinski definition) is 3. The van der Waals surface area contributed by atoms with Gasteiger partial charge in [0.2, 0.25) is 5.91 Å². The third-order valence-corrected chi connectivity index (χ3v) is 1.08. The fourth-order valence-electron chi connectivity index (χ4n) is 0.576. The second-order valence-corrected chi connectivity index (χ2v) is 2.90. The van der Waals surface area contributed by atoms with E-state index in [1.165, 1.54) is 19.1 Å². The lowest BCUT2D eigenvalue weighted by molar-refractivity contribution is -0.115. The van der Waals surface area contributed by atoms with Crippen LogP contribution in [0, 0.1) is 5.82 Å². The molecule has 1 aromatic heterocycles. The molecule has 0 aliphatic rings. The highest BCUT2D eigenvalue weighted by Crippen LogP contribution is 2.02. The first-order valence-corrected chi connectivity index (χ1v) is 4.26. The van der Waals surface area contributed by atoms with Crippen LogP contribution in [0.15, 0.2) is 18.3 Å². The normalized spacial score (nSPS) is 8.40. The van der Waals surface area contributed by atoms with E-state index in [1.54, 1.807) is 0 Å². The van der Waals surface area contributed by atoms with Crippen LogP contribution in [0.5, 0.6) is 0 Å². The van der Waals surface area contributed by atoms with Crippen LogP contribution in [0.2, 0.25) is 0 Å². The maximum atomic E-state index is 12.3. The minimum absolute atomic E-state index is 0.115. The van der Waals surface area contributed by atoms with Gasteiger partial charge >= 0.3 is 0 Å². The van der Waals surface area contributed by atoms with Gasteiger partial charge in [0.15, 0.2) is 5.11 Å². The molecule has 7 heteroatoms. The molecule has 0 aliphatic heterocycles. The molecule has 1 heterocycles. The summed E-state index contributed by atoms with van der Waals surface area (Å²) in [6.07, 6.45) is 1.08. The van der Waals surface area contributed by atoms with Crippen molar-refractivity contribution in [2.45, 2.75) is 6.92 Å². The van der Waals surface area contributed by atoms with Crippen molar-refractivity contribution in [1.29, 1.82) is 0 Å². The van der Waals surface area contributed by atoms with E-state index < -0.39 is 5.82 Å². The molecule has 0 fully saturated rings. The van der Waals surface area contributed by atoms with Crippen molar-refractivity contribution in [3.63, 3.8) is 0 Å². The molecular formula is C8H11FN4OS. The summed E-state index contributed by atoms with van der Waals surface area (Å²) in [5.74, 6) is -0.280. The number of carbonyl (C=O) groups is 1. The molecule has 0 aliphatic carbocycles. The number of pyridine rings is 1. The van der Waals surface area contributed by atoms with Gasteiger partial charge in [-0.25, -0.2) is 9.37 Å². The maximum absolute atomic E-state index is 12.3. The van der Waals surface area contributed by atoms with E-state index in [2.05, 4.69) is 28.3 Å². The highest BCUT2D eigenvalue weighted by atomic mass is 32.1. The van der Waals surface area contributed by atoms with E-state index in [0.717, 1.165) is 6.20 Å². The fraction of sp³-hybridized carbons (Fsp3) is 0.125. The topological polar surface area (TPSA) is 94.0 Å². The second kappa shape index (κ2) is 6.66. The number of hydrogen-bond acceptors (Lipinski definition) is 3. The Morgan fingerprint density at radius 3 is 2.40 bits per heavy atom. The predicted octanol–water partition coefficient (Wildman–Crippen LogP) is 0.368. The highest BCUT2D eigenvalue weighted by molar-refractivity contribution is 7.80. The standard InChI is InChI=1S/C6H6FN3S.C2H5NO/c7-4-1-2-5(9-3-4)10-6(8)11;1-2(3)4/h1-3H,(H3,8,9,10,11);1H3,(H2,3,4). The summed E-state index contributed by atoms with van der Waals surface area (Å²) in [6, 6.07) is 2.72. The molecule has 15 heavy (non-hydrogen) atoms. The van der Waals surface area contributed by atoms with E-state index in [-0.39, 0.29) is 11.0 Å². The molecule has 1 aromatic rings. The first-order chi connectivity index (χ1) is 6.91. The van der Waals surface area contributed by atoms with E-state index in [4.69, 9.17) is 5.73 Å². The number of carbonyl (C=O) groups excluding carboxylic acids is 1. The number of nitrogens with two attached hydrogens (primary N) is 2. The van der Waals surface area contributed by atoms with Crippen molar-refractivity contribution < 1.29 is 9.18 Å². The lowest BCUT2D eigenvalue weighted by Gasteiger charge is -2.00. The summed E-state index contributed by atoms with van der Waals surface area (Å²) >= 11 is 4.54. The van der Waals surface area contributed by atoms with Crippen molar-refractivity contribution in [2.75, 3.05) is 5.32 Å². The smallest absolute Gasteiger partial charge is 0.214 e. The molecule has 0 saturated heterocycles. The van der Waals surface area contributed by atoms with Crippen LogP contribution >= 0.6 is 12.2 Å². The van der Waals surface area contributed by atoms with E-state index in [0.29, 0.717) is 5.82 Å². The molecule has 5 N–H and O–H groups in total. The lowest BCUT2D eigenvalue weighted by Crippen LogP contribution is -2.19. The second-order valence-electron chi connectivity index (χ2n) is 2.46. The van der Waals surface area contributed by atoms with Crippen molar-refractivity contribution in [3.8, 4) is 0 Å². The zero-order valence-corrected chi connectivity index (χ0v) is 8.84. The summed E-state index contributed by atoms with van der Waals surface area (Å²) < 4.78 is 12.3. The van der Waals surface area contributed by atoms with E-state index >= 15 is 0 Å². The Labute approximate surface area is 91.7 Å². The van der Waals surface area contributed by atoms with Gasteiger partial charge in [0.1, 0.15) is 11.6 Å². The van der Waals surface area contributed by atoms with Gasteiger partial charge in [0, 0.05) is 6.92 Å². The van der Waals surface area contributed by atoms with Gasteiger partial charge in [0.25, 0.3) is 0 Å². The summed E-state index contributed by atoms with van der Waals surface area (Å²) in [6.45, 7) is 1.31. The number of thiocarbonyl (C=S) groups is 1. The molecular weight excluding hydrogens is 219 g/mol. The summed E-state index contributed by atoms with van der Waals surface area (Å²) in [4.78, 5) is 12.9. The minimum atomic E-state index is -0.390. The Morgan fingerprint density at radius 1 is 1.53 bits per heavy atom. The van der Waals surface area contributed by atoms with Gasteiger partial charge in [-0.3, -0.25) is 4.79 Å². The molecule has 0 unspecified atom stereocenters. The Hall–Kier alpha value is -1.76. The van der Waals surface area contributed by atoms with E-state index in [1.807, 2.05) is 0 Å². The number of primary amides is 1. The van der Waals surface area contributed by atoms with Gasteiger partial charge in [-0.1, -0.05) is 0 Å². The zero-order valence-electron chi connectivity index (χ0n) is 8.03. The third-order valence-electron chi connectivity index (χ3n) is 0.979. The van der Waals surface area contributed by atoms with Crippen molar-refractivity contribution >= 4 is 29.1 Å². The zero-order chi connectivity index (χ0) is 11.8. The molecule has 1 rings (SSSR count). The number of rotatable bonds is 1. The van der Waals surface area contributed by atoms with Crippen molar-refractivity contribution in [1.82, 2.24) is 4.98 Å². The van der Waals surface area contributed by atoms with Crippen molar-refractivity contribution in [3.05, 3.63) is 24.1 Å². The van der Waals surface area contributed by atoms with Crippen LogP contribution in [0.25, 0.3) is 0 Å². The average Bonchev–Trinajstić information content (AvgIpc) is 2.07. The maximum Gasteiger partial charge on any atom is 0.214 e. The molecule has 0 radical (unpaired) electrons. The number of anilines is 1. The molecule has 0 bridgehead atoms. The summed E-state index contributed by atoms with van der Waals surface area (Å²) in [5.41, 5.74) is 9.62. The number of nitrogens with zero attached hydrogens (tertiary/aromatic N) is 1. The molecule has 0 saturated carbocycles.